The number of carbonyl (C=O) groups excluding carboxylic acids is 1. The molecule has 2 N–H and O–H groups in total. The van der Waals surface area contributed by atoms with Crippen molar-refractivity contribution in [2.24, 2.45) is 22.2 Å². The number of carbonyl (C=O) groups is 1. The fourth-order valence-electron chi connectivity index (χ4n) is 6.80. The lowest BCUT2D eigenvalue weighted by atomic mass is 9.44. The smallest absolute Gasteiger partial charge is 0.333 e. The quantitative estimate of drug-likeness (QED) is 0.557. The van der Waals surface area contributed by atoms with Gasteiger partial charge in [-0.3, -0.25) is 4.99 Å². The van der Waals surface area contributed by atoms with Crippen molar-refractivity contribution >= 4 is 11.7 Å². The van der Waals surface area contributed by atoms with E-state index in [1.54, 1.807) is 34.6 Å². The Morgan fingerprint density at radius 3 is 2.20 bits per heavy atom. The van der Waals surface area contributed by atoms with Crippen molar-refractivity contribution in [1.29, 1.82) is 0 Å². The summed E-state index contributed by atoms with van der Waals surface area (Å²) in [5, 5.41) is 22.9. The SMILES string of the molecule is COC(=O)[C@@H](N=C1C[C@H]2C[C@H](C2(C)C)[C@@]1(C)O)[C@@H](O)[C@H]1O[C@@H]2OC(C)(C)O[C@@H]2[C@H]2OC(C)(C)O[C@H]21. The highest BCUT2D eigenvalue weighted by molar-refractivity contribution is 5.96. The summed E-state index contributed by atoms with van der Waals surface area (Å²) in [7, 11) is 1.25. The first-order chi connectivity index (χ1) is 16.1. The van der Waals surface area contributed by atoms with Gasteiger partial charge >= 0.3 is 5.97 Å². The number of aliphatic hydroxyl groups is 2. The average molecular weight is 498 g/mol. The van der Waals surface area contributed by atoms with Crippen molar-refractivity contribution < 1.29 is 43.4 Å². The summed E-state index contributed by atoms with van der Waals surface area (Å²) in [5.41, 5.74) is -0.695. The molecule has 0 aromatic heterocycles. The van der Waals surface area contributed by atoms with E-state index in [9.17, 15) is 15.0 Å². The molecule has 3 heterocycles. The number of ether oxygens (including phenoxy) is 6. The van der Waals surface area contributed by atoms with Crippen LogP contribution in [-0.2, 0) is 33.2 Å². The molecule has 0 radical (unpaired) electrons. The second kappa shape index (κ2) is 7.93. The van der Waals surface area contributed by atoms with Crippen LogP contribution < -0.4 is 0 Å². The van der Waals surface area contributed by atoms with E-state index in [0.717, 1.165) is 6.42 Å². The molecule has 3 saturated carbocycles. The van der Waals surface area contributed by atoms with Crippen LogP contribution in [0.15, 0.2) is 4.99 Å². The lowest BCUT2D eigenvalue weighted by Gasteiger charge is -2.62. The average Bonchev–Trinajstić information content (AvgIpc) is 3.24. The Morgan fingerprint density at radius 1 is 1.00 bits per heavy atom. The van der Waals surface area contributed by atoms with Crippen molar-refractivity contribution in [3.05, 3.63) is 0 Å². The number of aliphatic hydroxyl groups excluding tert-OH is 1. The van der Waals surface area contributed by atoms with Crippen molar-refractivity contribution in [3.8, 4) is 0 Å². The van der Waals surface area contributed by atoms with E-state index in [-0.39, 0.29) is 11.3 Å². The van der Waals surface area contributed by atoms with Gasteiger partial charge in [0, 0.05) is 5.71 Å². The second-order valence-corrected chi connectivity index (χ2v) is 12.3. The van der Waals surface area contributed by atoms with Gasteiger partial charge in [-0.1, -0.05) is 13.8 Å². The third-order valence-electron chi connectivity index (χ3n) is 8.76. The minimum atomic E-state index is -1.43. The molecule has 10 nitrogen and oxygen atoms in total. The number of methoxy groups -OCH3 is 1. The normalized spacial score (nSPS) is 47.4. The number of hydrogen-bond donors (Lipinski definition) is 2. The summed E-state index contributed by atoms with van der Waals surface area (Å²) < 4.78 is 35.3. The molecule has 35 heavy (non-hydrogen) atoms. The van der Waals surface area contributed by atoms with Gasteiger partial charge in [-0.15, -0.1) is 0 Å². The molecule has 10 heteroatoms. The van der Waals surface area contributed by atoms with Crippen LogP contribution in [0.1, 0.15) is 61.3 Å². The fraction of sp³-hybridized carbons (Fsp3) is 0.920. The van der Waals surface area contributed by atoms with Gasteiger partial charge in [0.05, 0.1) is 7.11 Å². The molecular weight excluding hydrogens is 458 g/mol. The summed E-state index contributed by atoms with van der Waals surface area (Å²) in [6, 6.07) is -1.31. The van der Waals surface area contributed by atoms with Gasteiger partial charge in [-0.25, -0.2) is 4.79 Å². The zero-order valence-corrected chi connectivity index (χ0v) is 21.8. The summed E-state index contributed by atoms with van der Waals surface area (Å²) in [4.78, 5) is 17.5. The molecule has 6 rings (SSSR count). The highest BCUT2D eigenvalue weighted by Crippen LogP contribution is 2.61. The summed E-state index contributed by atoms with van der Waals surface area (Å²) in [6.07, 6.45) is -3.67. The Bertz CT molecular complexity index is 913. The number of nitrogens with zero attached hydrogens (tertiary/aromatic N) is 1. The second-order valence-electron chi connectivity index (χ2n) is 12.3. The van der Waals surface area contributed by atoms with Crippen molar-refractivity contribution in [3.63, 3.8) is 0 Å². The highest BCUT2D eigenvalue weighted by atomic mass is 16.9. The molecule has 3 saturated heterocycles. The molecule has 0 amide bonds. The fourth-order valence-corrected chi connectivity index (χ4v) is 6.80. The molecule has 198 valence electrons. The Hall–Kier alpha value is -1.14. The predicted octanol–water partition coefficient (Wildman–Crippen LogP) is 1.54. The van der Waals surface area contributed by atoms with Crippen LogP contribution in [-0.4, -0.2) is 89.0 Å². The van der Waals surface area contributed by atoms with Crippen molar-refractivity contribution in [2.45, 2.75) is 121 Å². The molecule has 3 aliphatic carbocycles. The molecule has 0 unspecified atom stereocenters. The molecule has 6 fully saturated rings. The van der Waals surface area contributed by atoms with E-state index >= 15 is 0 Å². The monoisotopic (exact) mass is 497 g/mol. The van der Waals surface area contributed by atoms with Crippen LogP contribution in [0.5, 0.6) is 0 Å². The number of rotatable bonds is 4. The Kier molecular flexibility index (Phi) is 5.78. The maximum atomic E-state index is 12.9. The lowest BCUT2D eigenvalue weighted by molar-refractivity contribution is -0.254. The molecule has 0 aromatic carbocycles. The van der Waals surface area contributed by atoms with Gasteiger partial charge in [0.15, 0.2) is 23.9 Å². The van der Waals surface area contributed by atoms with Crippen LogP contribution in [0.25, 0.3) is 0 Å². The van der Waals surface area contributed by atoms with E-state index in [4.69, 9.17) is 28.4 Å². The maximum Gasteiger partial charge on any atom is 0.333 e. The van der Waals surface area contributed by atoms with Crippen LogP contribution in [0.3, 0.4) is 0 Å². The first kappa shape index (κ1) is 25.5. The lowest BCUT2D eigenvalue weighted by Crippen LogP contribution is -2.65. The van der Waals surface area contributed by atoms with Crippen LogP contribution in [0.4, 0.5) is 0 Å². The van der Waals surface area contributed by atoms with Gasteiger partial charge in [0.2, 0.25) is 0 Å². The number of fused-ring (bicyclic) bond motifs is 5. The Balaban J connectivity index is 1.46. The first-order valence-electron chi connectivity index (χ1n) is 12.5. The Morgan fingerprint density at radius 2 is 1.60 bits per heavy atom. The largest absolute Gasteiger partial charge is 0.467 e. The van der Waals surface area contributed by atoms with Crippen LogP contribution in [0.2, 0.25) is 0 Å². The number of aliphatic imine (C=N–C) groups is 1. The van der Waals surface area contributed by atoms with Gasteiger partial charge < -0.3 is 38.6 Å². The van der Waals surface area contributed by atoms with E-state index < -0.39 is 66.0 Å². The Labute approximate surface area is 206 Å². The molecule has 3 aliphatic heterocycles. The van der Waals surface area contributed by atoms with Crippen LogP contribution in [0, 0.1) is 17.3 Å². The molecule has 6 aliphatic rings. The zero-order valence-electron chi connectivity index (χ0n) is 21.8. The number of hydrogen-bond acceptors (Lipinski definition) is 10. The minimum absolute atomic E-state index is 0.0101. The molecule has 10 atom stereocenters. The van der Waals surface area contributed by atoms with Crippen molar-refractivity contribution in [1.82, 2.24) is 0 Å². The van der Waals surface area contributed by atoms with Crippen molar-refractivity contribution in [2.75, 3.05) is 7.11 Å². The van der Waals surface area contributed by atoms with E-state index in [2.05, 4.69) is 18.8 Å². The molecule has 2 bridgehead atoms. The maximum absolute atomic E-state index is 12.9. The first-order valence-corrected chi connectivity index (χ1v) is 12.5. The highest BCUT2D eigenvalue weighted by Gasteiger charge is 2.64. The van der Waals surface area contributed by atoms with E-state index in [1.165, 1.54) is 7.11 Å². The minimum Gasteiger partial charge on any atom is -0.467 e. The van der Waals surface area contributed by atoms with Gasteiger partial charge in [0.1, 0.15) is 36.1 Å². The predicted molar refractivity (Wildman–Crippen MR) is 122 cm³/mol. The summed E-state index contributed by atoms with van der Waals surface area (Å²) >= 11 is 0. The third kappa shape index (κ3) is 3.96. The molecule has 0 spiro atoms. The van der Waals surface area contributed by atoms with Gasteiger partial charge in [-0.05, 0) is 64.7 Å². The molecular formula is C25H39NO9. The van der Waals surface area contributed by atoms with Gasteiger partial charge in [0.25, 0.3) is 0 Å². The standard InChI is InChI=1S/C25H39NO9/c1-22(2)11-9-12(22)25(7,29)13(10-11)26-14(20(28)30-8)15(27)16-17-18(33-23(3,4)32-17)19-21(31-16)35-24(5,6)34-19/h11-12,14-19,21,27,29H,9-10H2,1-8H3/t11-,12-,14+,15-,16-,17+,18+,19-,21-,25-/m1/s1. The van der Waals surface area contributed by atoms with E-state index in [0.29, 0.717) is 18.1 Å². The molecule has 0 aromatic rings. The van der Waals surface area contributed by atoms with E-state index in [1.807, 2.05) is 0 Å². The topological polar surface area (TPSA) is 125 Å². The summed E-state index contributed by atoms with van der Waals surface area (Å²) in [5.74, 6) is -2.20. The summed E-state index contributed by atoms with van der Waals surface area (Å²) in [6.45, 7) is 13.1. The van der Waals surface area contributed by atoms with Gasteiger partial charge in [-0.2, -0.15) is 0 Å². The third-order valence-corrected chi connectivity index (χ3v) is 8.76. The van der Waals surface area contributed by atoms with Crippen LogP contribution >= 0.6 is 0 Å². The number of esters is 1. The zero-order chi connectivity index (χ0) is 25.7.